The molecule has 0 saturated heterocycles. The predicted octanol–water partition coefficient (Wildman–Crippen LogP) is 2.55. The minimum Gasteiger partial charge on any atom is -0.489 e. The molecule has 0 spiro atoms. The molecular weight excluding hydrogens is 324 g/mol. The molecule has 0 unspecified atom stereocenters. The van der Waals surface area contributed by atoms with Crippen molar-refractivity contribution < 1.29 is 23.6 Å². The summed E-state index contributed by atoms with van der Waals surface area (Å²) >= 11 is 0. The summed E-state index contributed by atoms with van der Waals surface area (Å²) in [7, 11) is 0. The molecule has 0 radical (unpaired) electrons. The number of esters is 1. The van der Waals surface area contributed by atoms with Gasteiger partial charge in [-0.15, -0.1) is 0 Å². The average molecular weight is 346 g/mol. The molecule has 2 rings (SSSR count). The van der Waals surface area contributed by atoms with Crippen LogP contribution < -0.4 is 10.1 Å². The van der Waals surface area contributed by atoms with Gasteiger partial charge < -0.3 is 19.3 Å². The summed E-state index contributed by atoms with van der Waals surface area (Å²) in [5, 5.41) is 6.51. The van der Waals surface area contributed by atoms with Gasteiger partial charge in [0.25, 0.3) is 5.91 Å². The summed E-state index contributed by atoms with van der Waals surface area (Å²) < 4.78 is 15.8. The first-order valence-electron chi connectivity index (χ1n) is 8.09. The second kappa shape index (κ2) is 8.86. The van der Waals surface area contributed by atoms with E-state index in [-0.39, 0.29) is 12.5 Å². The fraction of sp³-hybridized carbons (Fsp3) is 0.389. The van der Waals surface area contributed by atoms with Crippen LogP contribution in [0.4, 0.5) is 0 Å². The number of nitrogens with zero attached hydrogens (tertiary/aromatic N) is 1. The Morgan fingerprint density at radius 3 is 2.76 bits per heavy atom. The van der Waals surface area contributed by atoms with Crippen molar-refractivity contribution in [2.24, 2.45) is 0 Å². The van der Waals surface area contributed by atoms with E-state index in [2.05, 4.69) is 10.5 Å². The Labute approximate surface area is 146 Å². The van der Waals surface area contributed by atoms with E-state index in [9.17, 15) is 9.59 Å². The molecule has 0 bridgehead atoms. The van der Waals surface area contributed by atoms with Crippen molar-refractivity contribution in [3.05, 3.63) is 46.8 Å². The SMILES string of the molecule is CCCNC(=O)COC(=O)c1cccc(OCc2c(C)noc2C)c1. The van der Waals surface area contributed by atoms with Crippen molar-refractivity contribution in [2.75, 3.05) is 13.2 Å². The summed E-state index contributed by atoms with van der Waals surface area (Å²) in [6.07, 6.45) is 0.824. The highest BCUT2D eigenvalue weighted by Gasteiger charge is 2.12. The molecule has 0 aliphatic heterocycles. The van der Waals surface area contributed by atoms with Crippen LogP contribution in [0.5, 0.6) is 5.75 Å². The summed E-state index contributed by atoms with van der Waals surface area (Å²) in [6.45, 7) is 6.15. The Morgan fingerprint density at radius 2 is 2.08 bits per heavy atom. The van der Waals surface area contributed by atoms with Crippen LogP contribution in [0.15, 0.2) is 28.8 Å². The molecule has 0 aliphatic rings. The molecule has 0 fully saturated rings. The van der Waals surface area contributed by atoms with Crippen LogP contribution in [0.1, 0.15) is 40.7 Å². The number of aromatic nitrogens is 1. The molecule has 1 aromatic carbocycles. The van der Waals surface area contributed by atoms with Crippen molar-refractivity contribution >= 4 is 11.9 Å². The molecule has 1 N–H and O–H groups in total. The second-order valence-electron chi connectivity index (χ2n) is 5.55. The molecule has 25 heavy (non-hydrogen) atoms. The van der Waals surface area contributed by atoms with Gasteiger partial charge in [-0.25, -0.2) is 4.79 Å². The maximum atomic E-state index is 12.0. The quantitative estimate of drug-likeness (QED) is 0.739. The van der Waals surface area contributed by atoms with Gasteiger partial charge in [-0.3, -0.25) is 4.79 Å². The number of nitrogens with one attached hydrogen (secondary N) is 1. The van der Waals surface area contributed by atoms with E-state index in [1.807, 2.05) is 20.8 Å². The first kappa shape index (κ1) is 18.5. The van der Waals surface area contributed by atoms with Crippen LogP contribution in [0.3, 0.4) is 0 Å². The van der Waals surface area contributed by atoms with E-state index in [4.69, 9.17) is 14.0 Å². The van der Waals surface area contributed by atoms with Gasteiger partial charge in [0.15, 0.2) is 6.61 Å². The third kappa shape index (κ3) is 5.34. The number of ether oxygens (including phenoxy) is 2. The standard InChI is InChI=1S/C18H22N2O5/c1-4-8-19-17(21)11-24-18(22)14-6-5-7-15(9-14)23-10-16-12(2)20-25-13(16)3/h5-7,9H,4,8,10-11H2,1-3H3,(H,19,21). The highest BCUT2D eigenvalue weighted by molar-refractivity contribution is 5.91. The number of hydrogen-bond acceptors (Lipinski definition) is 6. The lowest BCUT2D eigenvalue weighted by Crippen LogP contribution is -2.29. The number of amides is 1. The summed E-state index contributed by atoms with van der Waals surface area (Å²) in [4.78, 5) is 23.5. The molecular formula is C18H22N2O5. The van der Waals surface area contributed by atoms with Gasteiger partial charge in [0, 0.05) is 6.54 Å². The van der Waals surface area contributed by atoms with E-state index in [0.29, 0.717) is 30.2 Å². The minimum absolute atomic E-state index is 0.291. The van der Waals surface area contributed by atoms with E-state index < -0.39 is 5.97 Å². The maximum Gasteiger partial charge on any atom is 0.338 e. The Morgan fingerprint density at radius 1 is 1.28 bits per heavy atom. The van der Waals surface area contributed by atoms with Gasteiger partial charge in [-0.05, 0) is 38.5 Å². The lowest BCUT2D eigenvalue weighted by Gasteiger charge is -2.08. The smallest absolute Gasteiger partial charge is 0.338 e. The van der Waals surface area contributed by atoms with Gasteiger partial charge in [-0.2, -0.15) is 0 Å². The van der Waals surface area contributed by atoms with E-state index in [1.165, 1.54) is 0 Å². The van der Waals surface area contributed by atoms with Gasteiger partial charge in [0.2, 0.25) is 0 Å². The fourth-order valence-corrected chi connectivity index (χ4v) is 2.11. The van der Waals surface area contributed by atoms with Crippen molar-refractivity contribution in [3.8, 4) is 5.75 Å². The molecule has 1 heterocycles. The molecule has 2 aromatic rings. The largest absolute Gasteiger partial charge is 0.489 e. The van der Waals surface area contributed by atoms with Crippen molar-refractivity contribution in [1.82, 2.24) is 10.5 Å². The molecule has 7 heteroatoms. The van der Waals surface area contributed by atoms with Gasteiger partial charge in [0.05, 0.1) is 16.8 Å². The third-order valence-electron chi connectivity index (χ3n) is 3.54. The van der Waals surface area contributed by atoms with Crippen LogP contribution in [0.25, 0.3) is 0 Å². The number of benzene rings is 1. The molecule has 134 valence electrons. The van der Waals surface area contributed by atoms with Crippen LogP contribution in [0, 0.1) is 13.8 Å². The molecule has 0 atom stereocenters. The lowest BCUT2D eigenvalue weighted by atomic mass is 10.2. The molecule has 1 amide bonds. The Hall–Kier alpha value is -2.83. The van der Waals surface area contributed by atoms with E-state index in [1.54, 1.807) is 24.3 Å². The number of carbonyl (C=O) groups is 2. The fourth-order valence-electron chi connectivity index (χ4n) is 2.11. The second-order valence-corrected chi connectivity index (χ2v) is 5.55. The van der Waals surface area contributed by atoms with Gasteiger partial charge >= 0.3 is 5.97 Å². The average Bonchev–Trinajstić information content (AvgIpc) is 2.94. The van der Waals surface area contributed by atoms with E-state index in [0.717, 1.165) is 17.7 Å². The maximum absolute atomic E-state index is 12.0. The predicted molar refractivity (Wildman–Crippen MR) is 90.3 cm³/mol. The molecule has 0 saturated carbocycles. The molecule has 7 nitrogen and oxygen atoms in total. The van der Waals surface area contributed by atoms with Crippen LogP contribution in [0.2, 0.25) is 0 Å². The number of rotatable bonds is 8. The zero-order valence-corrected chi connectivity index (χ0v) is 14.6. The summed E-state index contributed by atoms with van der Waals surface area (Å²) in [5.41, 5.74) is 1.96. The highest BCUT2D eigenvalue weighted by Crippen LogP contribution is 2.19. The van der Waals surface area contributed by atoms with Gasteiger partial charge in [0.1, 0.15) is 18.1 Å². The zero-order valence-electron chi connectivity index (χ0n) is 14.6. The molecule has 1 aromatic heterocycles. The van der Waals surface area contributed by atoms with E-state index >= 15 is 0 Å². The lowest BCUT2D eigenvalue weighted by molar-refractivity contribution is -0.124. The Balaban J connectivity index is 1.91. The topological polar surface area (TPSA) is 90.7 Å². The third-order valence-corrected chi connectivity index (χ3v) is 3.54. The Bertz CT molecular complexity index is 719. The van der Waals surface area contributed by atoms with Crippen LogP contribution in [-0.4, -0.2) is 30.2 Å². The zero-order chi connectivity index (χ0) is 18.2. The number of hydrogen-bond donors (Lipinski definition) is 1. The molecule has 0 aliphatic carbocycles. The number of aryl methyl sites for hydroxylation is 2. The van der Waals surface area contributed by atoms with Crippen molar-refractivity contribution in [2.45, 2.75) is 33.8 Å². The monoisotopic (exact) mass is 346 g/mol. The minimum atomic E-state index is -0.575. The van der Waals surface area contributed by atoms with Crippen molar-refractivity contribution in [1.29, 1.82) is 0 Å². The first-order valence-corrected chi connectivity index (χ1v) is 8.09. The summed E-state index contributed by atoms with van der Waals surface area (Å²) in [5.74, 6) is 0.325. The number of carbonyl (C=O) groups excluding carboxylic acids is 2. The van der Waals surface area contributed by atoms with Gasteiger partial charge in [-0.1, -0.05) is 18.1 Å². The summed E-state index contributed by atoms with van der Waals surface area (Å²) in [6, 6.07) is 6.61. The Kier molecular flexibility index (Phi) is 6.56. The first-order chi connectivity index (χ1) is 12.0. The highest BCUT2D eigenvalue weighted by atomic mass is 16.5. The van der Waals surface area contributed by atoms with Crippen molar-refractivity contribution in [3.63, 3.8) is 0 Å². The van der Waals surface area contributed by atoms with Crippen LogP contribution in [-0.2, 0) is 16.1 Å². The normalized spacial score (nSPS) is 10.4. The van der Waals surface area contributed by atoms with Crippen LogP contribution >= 0.6 is 0 Å².